The molecule has 4 heteroatoms. The van der Waals surface area contributed by atoms with Crippen LogP contribution in [0.3, 0.4) is 0 Å². The molecule has 0 spiro atoms. The predicted molar refractivity (Wildman–Crippen MR) is 71.8 cm³/mol. The molecule has 0 aliphatic heterocycles. The molecule has 1 rings (SSSR count). The molecule has 0 saturated heterocycles. The Kier molecular flexibility index (Phi) is 5.51. The number of methoxy groups -OCH3 is 1. The van der Waals surface area contributed by atoms with E-state index in [4.69, 9.17) is 5.73 Å². The van der Waals surface area contributed by atoms with Gasteiger partial charge in [0.05, 0.1) is 7.11 Å². The fraction of sp³-hybridized carbons (Fsp3) is 0.462. The third kappa shape index (κ3) is 4.79. The van der Waals surface area contributed by atoms with Crippen LogP contribution < -0.4 is 5.73 Å². The van der Waals surface area contributed by atoms with Gasteiger partial charge in [0.1, 0.15) is 5.54 Å². The van der Waals surface area contributed by atoms with Crippen molar-refractivity contribution in [1.29, 1.82) is 0 Å². The number of benzene rings is 1. The van der Waals surface area contributed by atoms with E-state index in [0.29, 0.717) is 6.42 Å². The van der Waals surface area contributed by atoms with Gasteiger partial charge in [-0.2, -0.15) is 11.8 Å². The maximum absolute atomic E-state index is 11.3. The lowest BCUT2D eigenvalue weighted by Gasteiger charge is -2.20. The lowest BCUT2D eigenvalue weighted by molar-refractivity contribution is -0.146. The van der Waals surface area contributed by atoms with Crippen LogP contribution in [0.25, 0.3) is 0 Å². The second-order valence-electron chi connectivity index (χ2n) is 4.20. The standard InChI is InChI=1S/C13H19NO2S/c1-13(14,12(15)16-2)8-9-17-10-11-6-4-3-5-7-11/h3-7H,8-10,14H2,1-2H3/t13-/m1/s1. The molecule has 0 aromatic heterocycles. The molecule has 0 radical (unpaired) electrons. The Labute approximate surface area is 107 Å². The van der Waals surface area contributed by atoms with Gasteiger partial charge in [-0.1, -0.05) is 30.3 Å². The van der Waals surface area contributed by atoms with Gasteiger partial charge >= 0.3 is 5.97 Å². The Morgan fingerprint density at radius 3 is 2.65 bits per heavy atom. The normalized spacial score (nSPS) is 14.1. The summed E-state index contributed by atoms with van der Waals surface area (Å²) in [5.74, 6) is 1.44. The van der Waals surface area contributed by atoms with Crippen molar-refractivity contribution in [3.8, 4) is 0 Å². The predicted octanol–water partition coefficient (Wildman–Crippen LogP) is 2.20. The highest BCUT2D eigenvalue weighted by atomic mass is 32.2. The molecule has 2 N–H and O–H groups in total. The zero-order chi connectivity index (χ0) is 12.7. The summed E-state index contributed by atoms with van der Waals surface area (Å²) < 4.78 is 4.66. The van der Waals surface area contributed by atoms with E-state index in [0.717, 1.165) is 11.5 Å². The van der Waals surface area contributed by atoms with Gasteiger partial charge < -0.3 is 10.5 Å². The van der Waals surface area contributed by atoms with Crippen molar-refractivity contribution < 1.29 is 9.53 Å². The summed E-state index contributed by atoms with van der Waals surface area (Å²) in [6.45, 7) is 1.71. The minimum atomic E-state index is -0.877. The number of ether oxygens (including phenoxy) is 1. The number of nitrogens with two attached hydrogens (primary N) is 1. The molecule has 1 aromatic carbocycles. The van der Waals surface area contributed by atoms with E-state index in [9.17, 15) is 4.79 Å². The number of rotatable bonds is 6. The number of thioether (sulfide) groups is 1. The van der Waals surface area contributed by atoms with Crippen molar-refractivity contribution in [3.63, 3.8) is 0 Å². The van der Waals surface area contributed by atoms with Crippen molar-refractivity contribution in [3.05, 3.63) is 35.9 Å². The fourth-order valence-corrected chi connectivity index (χ4v) is 2.52. The van der Waals surface area contributed by atoms with Crippen LogP contribution in [0, 0.1) is 0 Å². The van der Waals surface area contributed by atoms with Gasteiger partial charge in [0.25, 0.3) is 0 Å². The van der Waals surface area contributed by atoms with Gasteiger partial charge in [0.15, 0.2) is 0 Å². The number of carbonyl (C=O) groups excluding carboxylic acids is 1. The van der Waals surface area contributed by atoms with Gasteiger partial charge in [-0.05, 0) is 24.7 Å². The van der Waals surface area contributed by atoms with Crippen LogP contribution in [0.15, 0.2) is 30.3 Å². The van der Waals surface area contributed by atoms with Crippen LogP contribution in [0.1, 0.15) is 18.9 Å². The van der Waals surface area contributed by atoms with Crippen molar-refractivity contribution in [1.82, 2.24) is 0 Å². The lowest BCUT2D eigenvalue weighted by atomic mass is 10.0. The number of hydrogen-bond acceptors (Lipinski definition) is 4. The van der Waals surface area contributed by atoms with Crippen molar-refractivity contribution in [2.45, 2.75) is 24.6 Å². The van der Waals surface area contributed by atoms with E-state index in [1.807, 2.05) is 18.2 Å². The first-order chi connectivity index (χ1) is 8.06. The SMILES string of the molecule is COC(=O)[C@](C)(N)CCSCc1ccccc1. The summed E-state index contributed by atoms with van der Waals surface area (Å²) in [5.41, 5.74) is 6.27. The summed E-state index contributed by atoms with van der Waals surface area (Å²) in [4.78, 5) is 11.3. The van der Waals surface area contributed by atoms with E-state index < -0.39 is 5.54 Å². The topological polar surface area (TPSA) is 52.3 Å². The van der Waals surface area contributed by atoms with E-state index in [1.165, 1.54) is 12.7 Å². The molecule has 0 fully saturated rings. The Morgan fingerprint density at radius 1 is 1.41 bits per heavy atom. The molecule has 3 nitrogen and oxygen atoms in total. The molecule has 94 valence electrons. The molecule has 0 aliphatic rings. The van der Waals surface area contributed by atoms with E-state index in [2.05, 4.69) is 16.9 Å². The smallest absolute Gasteiger partial charge is 0.325 e. The highest BCUT2D eigenvalue weighted by Crippen LogP contribution is 2.17. The van der Waals surface area contributed by atoms with E-state index in [-0.39, 0.29) is 5.97 Å². The minimum absolute atomic E-state index is 0.349. The van der Waals surface area contributed by atoms with E-state index in [1.54, 1.807) is 18.7 Å². The molecule has 0 amide bonds. The average molecular weight is 253 g/mol. The summed E-state index contributed by atoms with van der Waals surface area (Å²) in [7, 11) is 1.37. The highest BCUT2D eigenvalue weighted by Gasteiger charge is 2.28. The number of hydrogen-bond donors (Lipinski definition) is 1. The molecule has 17 heavy (non-hydrogen) atoms. The number of esters is 1. The maximum Gasteiger partial charge on any atom is 0.325 e. The summed E-state index contributed by atoms with van der Waals surface area (Å²) in [6.07, 6.45) is 0.622. The Balaban J connectivity index is 2.27. The fourth-order valence-electron chi connectivity index (χ4n) is 1.38. The second kappa shape index (κ2) is 6.67. The summed E-state index contributed by atoms with van der Waals surface area (Å²) in [6, 6.07) is 10.2. The van der Waals surface area contributed by atoms with Crippen molar-refractivity contribution in [2.75, 3.05) is 12.9 Å². The third-order valence-electron chi connectivity index (χ3n) is 2.53. The molecule has 0 bridgehead atoms. The number of carbonyl (C=O) groups is 1. The highest BCUT2D eigenvalue weighted by molar-refractivity contribution is 7.98. The summed E-state index contributed by atoms with van der Waals surface area (Å²) in [5, 5.41) is 0. The van der Waals surface area contributed by atoms with Crippen LogP contribution in [0.4, 0.5) is 0 Å². The first kappa shape index (κ1) is 14.1. The van der Waals surface area contributed by atoms with Crippen molar-refractivity contribution >= 4 is 17.7 Å². The van der Waals surface area contributed by atoms with Crippen LogP contribution in [-0.2, 0) is 15.3 Å². The molecular weight excluding hydrogens is 234 g/mol. The van der Waals surface area contributed by atoms with Gasteiger partial charge in [-0.25, -0.2) is 0 Å². The lowest BCUT2D eigenvalue weighted by Crippen LogP contribution is -2.46. The largest absolute Gasteiger partial charge is 0.468 e. The Bertz CT molecular complexity index is 352. The van der Waals surface area contributed by atoms with Gasteiger partial charge in [-0.15, -0.1) is 0 Å². The third-order valence-corrected chi connectivity index (χ3v) is 3.56. The molecule has 0 aliphatic carbocycles. The zero-order valence-electron chi connectivity index (χ0n) is 10.3. The second-order valence-corrected chi connectivity index (χ2v) is 5.30. The van der Waals surface area contributed by atoms with Crippen LogP contribution in [0.5, 0.6) is 0 Å². The van der Waals surface area contributed by atoms with Gasteiger partial charge in [0.2, 0.25) is 0 Å². The van der Waals surface area contributed by atoms with Crippen LogP contribution in [0.2, 0.25) is 0 Å². The molecule has 0 heterocycles. The van der Waals surface area contributed by atoms with Crippen LogP contribution >= 0.6 is 11.8 Å². The monoisotopic (exact) mass is 253 g/mol. The molecule has 0 unspecified atom stereocenters. The zero-order valence-corrected chi connectivity index (χ0v) is 11.1. The van der Waals surface area contributed by atoms with Gasteiger partial charge in [-0.3, -0.25) is 4.79 Å². The van der Waals surface area contributed by atoms with Gasteiger partial charge in [0, 0.05) is 5.75 Å². The Hall–Kier alpha value is -1.00. The molecule has 1 atom stereocenters. The molecule has 0 saturated carbocycles. The van der Waals surface area contributed by atoms with Crippen LogP contribution in [-0.4, -0.2) is 24.4 Å². The molecular formula is C13H19NO2S. The molecule has 1 aromatic rings. The van der Waals surface area contributed by atoms with E-state index >= 15 is 0 Å². The average Bonchev–Trinajstić information content (AvgIpc) is 2.35. The Morgan fingerprint density at radius 2 is 2.06 bits per heavy atom. The summed E-state index contributed by atoms with van der Waals surface area (Å²) >= 11 is 1.77. The van der Waals surface area contributed by atoms with Crippen molar-refractivity contribution in [2.24, 2.45) is 5.73 Å². The quantitative estimate of drug-likeness (QED) is 0.624. The minimum Gasteiger partial charge on any atom is -0.468 e. The first-order valence-electron chi connectivity index (χ1n) is 5.55. The first-order valence-corrected chi connectivity index (χ1v) is 6.71. The maximum atomic E-state index is 11.3.